The first-order valence-corrected chi connectivity index (χ1v) is 13.5. The summed E-state index contributed by atoms with van der Waals surface area (Å²) in [5, 5.41) is 3.93. The molecule has 2 aromatic carbocycles. The highest BCUT2D eigenvalue weighted by atomic mass is 32.1. The summed E-state index contributed by atoms with van der Waals surface area (Å²) in [6, 6.07) is 18.0. The van der Waals surface area contributed by atoms with Crippen molar-refractivity contribution in [2.45, 2.75) is 27.2 Å². The van der Waals surface area contributed by atoms with Crippen molar-refractivity contribution in [3.8, 4) is 11.5 Å². The van der Waals surface area contributed by atoms with Crippen LogP contribution in [0.1, 0.15) is 27.2 Å². The number of Topliss-reactive ketones (excluding diaryl/α,β-unsaturated/α-hetero) is 1. The molecule has 2 fully saturated rings. The predicted octanol–water partition coefficient (Wildman–Crippen LogP) is 4.75. The Labute approximate surface area is 207 Å². The van der Waals surface area contributed by atoms with Crippen LogP contribution in [0.2, 0.25) is 0 Å². The maximum absolute atomic E-state index is 14.4. The molecular formula is C25H32N3O4PS. The number of likely N-dealkylation sites (tertiary alicyclic amines) is 1. The molecule has 0 amide bonds. The molecule has 2 aromatic rings. The number of nitrogens with zero attached hydrogens (tertiary/aromatic N) is 2. The Morgan fingerprint density at radius 2 is 1.41 bits per heavy atom. The lowest BCUT2D eigenvalue weighted by Gasteiger charge is -2.55. The number of ketones is 1. The number of para-hydroxylation sites is 2. The van der Waals surface area contributed by atoms with E-state index >= 15 is 0 Å². The van der Waals surface area contributed by atoms with E-state index in [0.717, 1.165) is 13.0 Å². The van der Waals surface area contributed by atoms with Gasteiger partial charge in [0.25, 0.3) is 0 Å². The molecule has 0 unspecified atom stereocenters. The van der Waals surface area contributed by atoms with Crippen LogP contribution in [0.15, 0.2) is 60.7 Å². The molecule has 0 spiro atoms. The lowest BCUT2D eigenvalue weighted by atomic mass is 9.65. The zero-order chi connectivity index (χ0) is 24.4. The lowest BCUT2D eigenvalue weighted by molar-refractivity contribution is -0.151. The maximum atomic E-state index is 14.4. The van der Waals surface area contributed by atoms with Gasteiger partial charge in [0.1, 0.15) is 11.5 Å². The zero-order valence-corrected chi connectivity index (χ0v) is 21.6. The van der Waals surface area contributed by atoms with E-state index in [2.05, 4.69) is 17.1 Å². The molecule has 4 rings (SSSR count). The van der Waals surface area contributed by atoms with E-state index in [0.29, 0.717) is 29.7 Å². The molecule has 2 aliphatic rings. The summed E-state index contributed by atoms with van der Waals surface area (Å²) in [5.41, 5.74) is -1.56. The maximum Gasteiger partial charge on any atom is 0.515 e. The molecule has 1 N–H and O–H groups in total. The molecule has 2 atom stereocenters. The summed E-state index contributed by atoms with van der Waals surface area (Å²) in [6.07, 6.45) is 0.964. The predicted molar refractivity (Wildman–Crippen MR) is 137 cm³/mol. The SMILES string of the molecule is CCCNC(=S)N1C[C@@]2(C)CN(P(=O)(Oc3ccccc3)Oc3ccccc3)C[C@](C)(C1)C2=O. The van der Waals surface area contributed by atoms with Crippen molar-refractivity contribution in [3.05, 3.63) is 60.7 Å². The number of piperidine rings is 2. The van der Waals surface area contributed by atoms with Gasteiger partial charge in [-0.1, -0.05) is 43.3 Å². The van der Waals surface area contributed by atoms with Crippen molar-refractivity contribution in [3.63, 3.8) is 0 Å². The van der Waals surface area contributed by atoms with Gasteiger partial charge in [-0.3, -0.25) is 4.79 Å². The van der Waals surface area contributed by atoms with Crippen LogP contribution in [-0.4, -0.2) is 53.2 Å². The molecular weight excluding hydrogens is 469 g/mol. The van der Waals surface area contributed by atoms with Crippen molar-refractivity contribution in [2.75, 3.05) is 32.7 Å². The fourth-order valence-electron chi connectivity index (χ4n) is 4.90. The van der Waals surface area contributed by atoms with E-state index in [1.54, 1.807) is 28.9 Å². The quantitative estimate of drug-likeness (QED) is 0.431. The summed E-state index contributed by atoms with van der Waals surface area (Å²) in [7, 11) is -3.85. The summed E-state index contributed by atoms with van der Waals surface area (Å²) in [6.45, 7) is 8.09. The standard InChI is InChI=1S/C25H32N3O4PS/c1-4-15-26-23(34)27-16-24(2)18-28(19-25(3,17-27)22(24)29)33(30,31-20-11-7-5-8-12-20)32-21-13-9-6-10-14-21/h5-14H,4,15-19H2,1-3H3,(H,26,34)/t24-,25-/m0/s1. The Morgan fingerprint density at radius 3 is 1.85 bits per heavy atom. The van der Waals surface area contributed by atoms with E-state index < -0.39 is 18.6 Å². The second-order valence-electron chi connectivity index (χ2n) is 9.64. The van der Waals surface area contributed by atoms with Crippen molar-refractivity contribution < 1.29 is 18.4 Å². The molecule has 0 aromatic heterocycles. The monoisotopic (exact) mass is 501 g/mol. The van der Waals surface area contributed by atoms with Gasteiger partial charge in [0.15, 0.2) is 10.9 Å². The number of carbonyl (C=O) groups excluding carboxylic acids is 1. The van der Waals surface area contributed by atoms with Crippen LogP contribution in [0, 0.1) is 10.8 Å². The first-order valence-electron chi connectivity index (χ1n) is 11.6. The van der Waals surface area contributed by atoms with Crippen molar-refractivity contribution in [1.82, 2.24) is 14.9 Å². The van der Waals surface area contributed by atoms with Crippen LogP contribution in [0.25, 0.3) is 0 Å². The van der Waals surface area contributed by atoms with Crippen molar-refractivity contribution in [1.29, 1.82) is 0 Å². The second kappa shape index (κ2) is 9.68. The molecule has 2 bridgehead atoms. The first-order chi connectivity index (χ1) is 16.2. The Hall–Kier alpha value is -2.41. The fraction of sp³-hybridized carbons (Fsp3) is 0.440. The van der Waals surface area contributed by atoms with Crippen LogP contribution >= 0.6 is 20.0 Å². The number of benzene rings is 2. The molecule has 2 saturated heterocycles. The highest BCUT2D eigenvalue weighted by molar-refractivity contribution is 7.80. The minimum absolute atomic E-state index is 0.164. The lowest BCUT2D eigenvalue weighted by Crippen LogP contribution is -2.69. The van der Waals surface area contributed by atoms with Gasteiger partial charge in [0, 0.05) is 32.7 Å². The van der Waals surface area contributed by atoms with Gasteiger partial charge in [0.05, 0.1) is 10.8 Å². The smallest absolute Gasteiger partial charge is 0.404 e. The van der Waals surface area contributed by atoms with Crippen LogP contribution in [0.3, 0.4) is 0 Å². The molecule has 0 saturated carbocycles. The molecule has 0 aliphatic carbocycles. The van der Waals surface area contributed by atoms with Gasteiger partial charge < -0.3 is 19.3 Å². The van der Waals surface area contributed by atoms with Crippen LogP contribution < -0.4 is 14.4 Å². The average Bonchev–Trinajstić information content (AvgIpc) is 2.80. The Bertz CT molecular complexity index is 1020. The van der Waals surface area contributed by atoms with Crippen molar-refractivity contribution in [2.24, 2.45) is 10.8 Å². The van der Waals surface area contributed by atoms with Gasteiger partial charge in [-0.05, 0) is 56.8 Å². The fourth-order valence-corrected chi connectivity index (χ4v) is 7.15. The van der Waals surface area contributed by atoms with E-state index in [4.69, 9.17) is 21.3 Å². The zero-order valence-electron chi connectivity index (χ0n) is 19.9. The minimum atomic E-state index is -3.85. The van der Waals surface area contributed by atoms with E-state index in [1.165, 1.54) is 0 Å². The summed E-state index contributed by atoms with van der Waals surface area (Å²) >= 11 is 5.62. The van der Waals surface area contributed by atoms with Gasteiger partial charge in [-0.15, -0.1) is 0 Å². The second-order valence-corrected chi connectivity index (χ2v) is 11.9. The topological polar surface area (TPSA) is 71.1 Å². The third-order valence-corrected chi connectivity index (χ3v) is 8.59. The highest BCUT2D eigenvalue weighted by Crippen LogP contribution is 2.57. The molecule has 182 valence electrons. The van der Waals surface area contributed by atoms with E-state index in [9.17, 15) is 9.36 Å². The van der Waals surface area contributed by atoms with Crippen LogP contribution in [0.5, 0.6) is 11.5 Å². The molecule has 2 aliphatic heterocycles. The Kier molecular flexibility index (Phi) is 7.04. The minimum Gasteiger partial charge on any atom is -0.404 e. The number of hydrogen-bond acceptors (Lipinski definition) is 5. The highest BCUT2D eigenvalue weighted by Gasteiger charge is 2.60. The van der Waals surface area contributed by atoms with Gasteiger partial charge in [-0.2, -0.15) is 4.67 Å². The van der Waals surface area contributed by atoms with Gasteiger partial charge >= 0.3 is 7.75 Å². The normalized spacial score (nSPS) is 25.0. The molecule has 9 heteroatoms. The largest absolute Gasteiger partial charge is 0.515 e. The van der Waals surface area contributed by atoms with E-state index in [-0.39, 0.29) is 18.9 Å². The number of nitrogens with one attached hydrogen (secondary N) is 1. The number of thiocarbonyl (C=S) groups is 1. The molecule has 34 heavy (non-hydrogen) atoms. The Morgan fingerprint density at radius 1 is 0.941 bits per heavy atom. The van der Waals surface area contributed by atoms with Crippen molar-refractivity contribution >= 4 is 30.9 Å². The molecule has 0 radical (unpaired) electrons. The molecule has 7 nitrogen and oxygen atoms in total. The first kappa shape index (κ1) is 24.7. The van der Waals surface area contributed by atoms with E-state index in [1.807, 2.05) is 50.2 Å². The summed E-state index contributed by atoms with van der Waals surface area (Å²) in [5.74, 6) is 1.06. The third kappa shape index (κ3) is 4.99. The van der Waals surface area contributed by atoms with Gasteiger partial charge in [0.2, 0.25) is 0 Å². The average molecular weight is 502 g/mol. The number of rotatable bonds is 7. The summed E-state index contributed by atoms with van der Waals surface area (Å²) in [4.78, 5) is 15.6. The number of hydrogen-bond donors (Lipinski definition) is 1. The van der Waals surface area contributed by atoms with Crippen LogP contribution in [0.4, 0.5) is 0 Å². The summed E-state index contributed by atoms with van der Waals surface area (Å²) < 4.78 is 28.3. The number of carbonyl (C=O) groups is 1. The molecule has 2 heterocycles. The number of fused-ring (bicyclic) bond motifs is 2. The van der Waals surface area contributed by atoms with Crippen LogP contribution in [-0.2, 0) is 9.36 Å². The third-order valence-electron chi connectivity index (χ3n) is 6.33. The van der Waals surface area contributed by atoms with Gasteiger partial charge in [-0.25, -0.2) is 4.57 Å². The Balaban J connectivity index is 1.65.